The summed E-state index contributed by atoms with van der Waals surface area (Å²) in [5.74, 6) is 0.0990. The van der Waals surface area contributed by atoms with Gasteiger partial charge in [-0.25, -0.2) is 13.1 Å². The summed E-state index contributed by atoms with van der Waals surface area (Å²) in [7, 11) is -1.69. The van der Waals surface area contributed by atoms with E-state index in [1.54, 1.807) is 0 Å². The molecule has 0 saturated heterocycles. The quantitative estimate of drug-likeness (QED) is 0.766. The minimum absolute atomic E-state index is 0.0990. The molecule has 108 valence electrons. The number of sulfonamides is 1. The first-order valence-electron chi connectivity index (χ1n) is 6.72. The molecule has 19 heavy (non-hydrogen) atoms. The van der Waals surface area contributed by atoms with E-state index in [9.17, 15) is 8.42 Å². The summed E-state index contributed by atoms with van der Waals surface area (Å²) >= 11 is 0. The highest BCUT2D eigenvalue weighted by Gasteiger charge is 2.09. The normalized spacial score (nSPS) is 13.4. The Hall–Kier alpha value is -0.910. The number of hydrogen-bond acceptors (Lipinski definition) is 3. The first kappa shape index (κ1) is 16.1. The molecule has 1 atom stereocenters. The van der Waals surface area contributed by atoms with Crippen LogP contribution in [0.4, 0.5) is 0 Å². The van der Waals surface area contributed by atoms with Gasteiger partial charge in [0.05, 0.1) is 5.75 Å². The lowest BCUT2D eigenvalue weighted by Crippen LogP contribution is -2.30. The topological polar surface area (TPSA) is 58.2 Å². The van der Waals surface area contributed by atoms with Gasteiger partial charge in [0.25, 0.3) is 0 Å². The van der Waals surface area contributed by atoms with Gasteiger partial charge in [-0.1, -0.05) is 37.6 Å². The maximum Gasteiger partial charge on any atom is 0.212 e. The predicted molar refractivity (Wildman–Crippen MR) is 79.7 cm³/mol. The molecule has 0 aliphatic rings. The fourth-order valence-corrected chi connectivity index (χ4v) is 2.48. The van der Waals surface area contributed by atoms with E-state index in [2.05, 4.69) is 41.2 Å². The molecular formula is C14H24N2O2S. The van der Waals surface area contributed by atoms with Crippen LogP contribution in [0.15, 0.2) is 24.3 Å². The van der Waals surface area contributed by atoms with Gasteiger partial charge in [-0.3, -0.25) is 0 Å². The summed E-state index contributed by atoms with van der Waals surface area (Å²) < 4.78 is 24.9. The van der Waals surface area contributed by atoms with Crippen LogP contribution >= 0.6 is 0 Å². The summed E-state index contributed by atoms with van der Waals surface area (Å²) in [5.41, 5.74) is 2.53. The molecule has 4 nitrogen and oxygen atoms in total. The molecule has 0 aliphatic heterocycles. The highest BCUT2D eigenvalue weighted by atomic mass is 32.2. The summed E-state index contributed by atoms with van der Waals surface area (Å²) in [6.07, 6.45) is 2.25. The zero-order valence-corrected chi connectivity index (χ0v) is 12.8. The maximum absolute atomic E-state index is 11.3. The number of nitrogens with one attached hydrogen (secondary N) is 2. The molecule has 1 aromatic rings. The van der Waals surface area contributed by atoms with Gasteiger partial charge >= 0.3 is 0 Å². The number of aryl methyl sites for hydroxylation is 1. The van der Waals surface area contributed by atoms with Crippen molar-refractivity contribution in [3.63, 3.8) is 0 Å². The molecule has 0 fully saturated rings. The van der Waals surface area contributed by atoms with Gasteiger partial charge in [-0.2, -0.15) is 0 Å². The van der Waals surface area contributed by atoms with E-state index in [1.807, 2.05) is 6.92 Å². The van der Waals surface area contributed by atoms with Gasteiger partial charge in [0, 0.05) is 12.6 Å². The molecule has 0 aromatic heterocycles. The first-order valence-corrected chi connectivity index (χ1v) is 8.37. The van der Waals surface area contributed by atoms with Crippen LogP contribution in [0.3, 0.4) is 0 Å². The van der Waals surface area contributed by atoms with Crippen molar-refractivity contribution in [2.24, 2.45) is 0 Å². The van der Waals surface area contributed by atoms with Crippen molar-refractivity contribution >= 4 is 10.0 Å². The van der Waals surface area contributed by atoms with Crippen LogP contribution in [0.2, 0.25) is 0 Å². The minimum atomic E-state index is -3.12. The van der Waals surface area contributed by atoms with Crippen molar-refractivity contribution in [3.05, 3.63) is 35.4 Å². The molecule has 5 heteroatoms. The lowest BCUT2D eigenvalue weighted by molar-refractivity contribution is 0.567. The standard InChI is InChI=1S/C14H24N2O2S/c1-4-5-13-6-8-14(9-7-13)12(2)16-10-11-19(17,18)15-3/h6-9,12,15-16H,4-5,10-11H2,1-3H3. The van der Waals surface area contributed by atoms with Gasteiger partial charge in [0.1, 0.15) is 0 Å². The smallest absolute Gasteiger partial charge is 0.212 e. The molecule has 0 spiro atoms. The summed E-state index contributed by atoms with van der Waals surface area (Å²) in [5, 5.41) is 3.22. The van der Waals surface area contributed by atoms with Crippen LogP contribution in [0, 0.1) is 0 Å². The second kappa shape index (κ2) is 7.62. The number of benzene rings is 1. The largest absolute Gasteiger partial charge is 0.309 e. The minimum Gasteiger partial charge on any atom is -0.309 e. The average Bonchev–Trinajstić information content (AvgIpc) is 2.39. The molecule has 0 bridgehead atoms. The molecule has 0 heterocycles. The van der Waals surface area contributed by atoms with Crippen LogP contribution in [0.5, 0.6) is 0 Å². The Bertz CT molecular complexity index is 469. The molecule has 1 unspecified atom stereocenters. The van der Waals surface area contributed by atoms with E-state index in [-0.39, 0.29) is 11.8 Å². The Labute approximate surface area is 116 Å². The maximum atomic E-state index is 11.3. The molecular weight excluding hydrogens is 260 g/mol. The van der Waals surface area contributed by atoms with Crippen molar-refractivity contribution in [3.8, 4) is 0 Å². The zero-order chi connectivity index (χ0) is 14.3. The van der Waals surface area contributed by atoms with Crippen molar-refractivity contribution in [2.75, 3.05) is 19.3 Å². The van der Waals surface area contributed by atoms with E-state index in [1.165, 1.54) is 18.2 Å². The van der Waals surface area contributed by atoms with Crippen molar-refractivity contribution in [1.82, 2.24) is 10.0 Å². The van der Waals surface area contributed by atoms with Gasteiger partial charge in [-0.15, -0.1) is 0 Å². The second-order valence-corrected chi connectivity index (χ2v) is 6.74. The van der Waals surface area contributed by atoms with Crippen LogP contribution in [-0.2, 0) is 16.4 Å². The summed E-state index contributed by atoms with van der Waals surface area (Å²) in [4.78, 5) is 0. The van der Waals surface area contributed by atoms with Crippen molar-refractivity contribution in [1.29, 1.82) is 0 Å². The molecule has 1 aromatic carbocycles. The van der Waals surface area contributed by atoms with Crippen LogP contribution in [0.25, 0.3) is 0 Å². The molecule has 0 radical (unpaired) electrons. The van der Waals surface area contributed by atoms with E-state index in [0.29, 0.717) is 6.54 Å². The number of hydrogen-bond donors (Lipinski definition) is 2. The molecule has 2 N–H and O–H groups in total. The fraction of sp³-hybridized carbons (Fsp3) is 0.571. The first-order chi connectivity index (χ1) is 8.98. The summed E-state index contributed by atoms with van der Waals surface area (Å²) in [6.45, 7) is 4.65. The Balaban J connectivity index is 2.47. The number of rotatable bonds is 8. The molecule has 0 aliphatic carbocycles. The van der Waals surface area contributed by atoms with Crippen molar-refractivity contribution in [2.45, 2.75) is 32.7 Å². The van der Waals surface area contributed by atoms with Gasteiger partial charge in [0.2, 0.25) is 10.0 Å². The second-order valence-electron chi connectivity index (χ2n) is 4.69. The Kier molecular flexibility index (Phi) is 6.48. The van der Waals surface area contributed by atoms with Crippen LogP contribution in [0.1, 0.15) is 37.4 Å². The highest BCUT2D eigenvalue weighted by Crippen LogP contribution is 2.14. The lowest BCUT2D eigenvalue weighted by atomic mass is 10.0. The van der Waals surface area contributed by atoms with Gasteiger partial charge in [0.15, 0.2) is 0 Å². The predicted octanol–water partition coefficient (Wildman–Crippen LogP) is 1.84. The molecule has 1 rings (SSSR count). The SMILES string of the molecule is CCCc1ccc(C(C)NCCS(=O)(=O)NC)cc1. The zero-order valence-electron chi connectivity index (χ0n) is 11.9. The highest BCUT2D eigenvalue weighted by molar-refractivity contribution is 7.89. The van der Waals surface area contributed by atoms with E-state index < -0.39 is 10.0 Å². The fourth-order valence-electron chi connectivity index (χ4n) is 1.89. The molecule has 0 amide bonds. The monoisotopic (exact) mass is 284 g/mol. The third-order valence-corrected chi connectivity index (χ3v) is 4.51. The van der Waals surface area contributed by atoms with Crippen LogP contribution < -0.4 is 10.0 Å². The van der Waals surface area contributed by atoms with Gasteiger partial charge in [-0.05, 0) is 31.5 Å². The van der Waals surface area contributed by atoms with Gasteiger partial charge < -0.3 is 5.32 Å². The van der Waals surface area contributed by atoms with E-state index in [4.69, 9.17) is 0 Å². The summed E-state index contributed by atoms with van der Waals surface area (Å²) in [6, 6.07) is 8.65. The third-order valence-electron chi connectivity index (χ3n) is 3.15. The average molecular weight is 284 g/mol. The Morgan fingerprint density at radius 1 is 1.21 bits per heavy atom. The van der Waals surface area contributed by atoms with Crippen LogP contribution in [-0.4, -0.2) is 27.8 Å². The van der Waals surface area contributed by atoms with Crippen molar-refractivity contribution < 1.29 is 8.42 Å². The van der Waals surface area contributed by atoms with E-state index in [0.717, 1.165) is 12.8 Å². The van der Waals surface area contributed by atoms with E-state index >= 15 is 0 Å². The third kappa shape index (κ3) is 5.72. The molecule has 0 saturated carbocycles. The Morgan fingerprint density at radius 3 is 2.37 bits per heavy atom. The Morgan fingerprint density at radius 2 is 1.84 bits per heavy atom. The lowest BCUT2D eigenvalue weighted by Gasteiger charge is -2.14.